The highest BCUT2D eigenvalue weighted by molar-refractivity contribution is 9.10. The summed E-state index contributed by atoms with van der Waals surface area (Å²) in [5.74, 6) is -0.759. The zero-order valence-corrected chi connectivity index (χ0v) is 21.1. The molecule has 0 spiro atoms. The smallest absolute Gasteiger partial charge is 0.329 e. The number of hydrogen-bond donors (Lipinski definition) is 2. The van der Waals surface area contributed by atoms with Gasteiger partial charge in [-0.15, -0.1) is 0 Å². The van der Waals surface area contributed by atoms with E-state index in [-0.39, 0.29) is 13.2 Å². The normalized spacial score (nSPS) is 10.7. The van der Waals surface area contributed by atoms with Crippen molar-refractivity contribution < 1.29 is 19.1 Å². The SMILES string of the molecule is COc1cc(/C=N/NC(=O)C(=O)NCc2ccccc2)cc(Br)c1OCc1ccc(Cl)cc1Cl. The summed E-state index contributed by atoms with van der Waals surface area (Å²) < 4.78 is 11.9. The van der Waals surface area contributed by atoms with E-state index in [4.69, 9.17) is 32.7 Å². The van der Waals surface area contributed by atoms with Crippen molar-refractivity contribution in [3.8, 4) is 11.5 Å². The molecule has 0 bridgehead atoms. The fourth-order valence-corrected chi connectivity index (χ4v) is 3.85. The molecule has 3 rings (SSSR count). The molecule has 0 aliphatic rings. The lowest BCUT2D eigenvalue weighted by Crippen LogP contribution is -2.37. The van der Waals surface area contributed by atoms with Crippen LogP contribution in [0.2, 0.25) is 10.0 Å². The van der Waals surface area contributed by atoms with Crippen molar-refractivity contribution in [1.82, 2.24) is 10.7 Å². The molecule has 0 aromatic heterocycles. The van der Waals surface area contributed by atoms with Crippen molar-refractivity contribution in [2.45, 2.75) is 13.2 Å². The molecule has 0 heterocycles. The van der Waals surface area contributed by atoms with Gasteiger partial charge in [0.05, 0.1) is 17.8 Å². The molecule has 2 amide bonds. The lowest BCUT2D eigenvalue weighted by atomic mass is 10.2. The molecule has 0 saturated carbocycles. The summed E-state index contributed by atoms with van der Waals surface area (Å²) in [6.07, 6.45) is 1.38. The van der Waals surface area contributed by atoms with E-state index in [1.807, 2.05) is 30.3 Å². The van der Waals surface area contributed by atoms with Gasteiger partial charge in [-0.05, 0) is 51.3 Å². The van der Waals surface area contributed by atoms with Gasteiger partial charge in [-0.1, -0.05) is 59.6 Å². The maximum Gasteiger partial charge on any atom is 0.329 e. The number of nitrogens with zero attached hydrogens (tertiary/aromatic N) is 1. The third-order valence-electron chi connectivity index (χ3n) is 4.52. The molecule has 3 aromatic carbocycles. The molecule has 0 saturated heterocycles. The monoisotopic (exact) mass is 563 g/mol. The Kier molecular flexibility index (Phi) is 9.33. The first-order chi connectivity index (χ1) is 16.4. The zero-order chi connectivity index (χ0) is 24.5. The van der Waals surface area contributed by atoms with Crippen LogP contribution in [-0.4, -0.2) is 25.1 Å². The first-order valence-electron chi connectivity index (χ1n) is 9.96. The predicted octanol–water partition coefficient (Wildman–Crippen LogP) is 5.11. The second-order valence-corrected chi connectivity index (χ2v) is 8.62. The molecule has 34 heavy (non-hydrogen) atoms. The Bertz CT molecular complexity index is 1210. The first kappa shape index (κ1) is 25.6. The number of ether oxygens (including phenoxy) is 2. The number of hydrogen-bond acceptors (Lipinski definition) is 5. The van der Waals surface area contributed by atoms with Crippen molar-refractivity contribution in [2.24, 2.45) is 5.10 Å². The number of rotatable bonds is 8. The standard InChI is InChI=1S/C24H20BrCl2N3O4/c1-33-21-10-16(9-19(25)22(21)34-14-17-7-8-18(26)11-20(17)27)13-29-30-24(32)23(31)28-12-15-5-3-2-4-6-15/h2-11,13H,12,14H2,1H3,(H,28,31)(H,30,32)/b29-13+. The van der Waals surface area contributed by atoms with Crippen LogP contribution >= 0.6 is 39.1 Å². The van der Waals surface area contributed by atoms with Gasteiger partial charge in [0, 0.05) is 22.2 Å². The Balaban J connectivity index is 1.59. The van der Waals surface area contributed by atoms with Crippen LogP contribution in [0.3, 0.4) is 0 Å². The van der Waals surface area contributed by atoms with Crippen molar-refractivity contribution >= 4 is 57.2 Å². The summed E-state index contributed by atoms with van der Waals surface area (Å²) in [6.45, 7) is 0.441. The number of hydrazone groups is 1. The molecule has 0 atom stereocenters. The van der Waals surface area contributed by atoms with Gasteiger partial charge < -0.3 is 14.8 Å². The van der Waals surface area contributed by atoms with Crippen LogP contribution in [0.5, 0.6) is 11.5 Å². The quantitative estimate of drug-likeness (QED) is 0.226. The Labute approximate surface area is 215 Å². The van der Waals surface area contributed by atoms with Gasteiger partial charge in [-0.25, -0.2) is 5.43 Å². The number of carbonyl (C=O) groups is 2. The lowest BCUT2D eigenvalue weighted by molar-refractivity contribution is -0.139. The van der Waals surface area contributed by atoms with Gasteiger partial charge in [0.15, 0.2) is 11.5 Å². The fraction of sp³-hybridized carbons (Fsp3) is 0.125. The average Bonchev–Trinajstić information content (AvgIpc) is 2.83. The molecule has 176 valence electrons. The van der Waals surface area contributed by atoms with Crippen LogP contribution in [0.4, 0.5) is 0 Å². The van der Waals surface area contributed by atoms with Gasteiger partial charge in [0.1, 0.15) is 6.61 Å². The largest absolute Gasteiger partial charge is 0.493 e. The molecule has 0 fully saturated rings. The van der Waals surface area contributed by atoms with Crippen LogP contribution in [0.1, 0.15) is 16.7 Å². The second kappa shape index (κ2) is 12.4. The maximum atomic E-state index is 12.0. The van der Waals surface area contributed by atoms with E-state index >= 15 is 0 Å². The number of halogens is 3. The van der Waals surface area contributed by atoms with Gasteiger partial charge in [0.25, 0.3) is 0 Å². The van der Waals surface area contributed by atoms with E-state index < -0.39 is 11.8 Å². The van der Waals surface area contributed by atoms with E-state index in [0.717, 1.165) is 11.1 Å². The number of nitrogens with one attached hydrogen (secondary N) is 2. The topological polar surface area (TPSA) is 89.0 Å². The number of methoxy groups -OCH3 is 1. The van der Waals surface area contributed by atoms with Crippen molar-refractivity contribution in [2.75, 3.05) is 7.11 Å². The van der Waals surface area contributed by atoms with Gasteiger partial charge in [0.2, 0.25) is 0 Å². The molecule has 0 aliphatic carbocycles. The molecule has 0 radical (unpaired) electrons. The van der Waals surface area contributed by atoms with Gasteiger partial charge in [-0.2, -0.15) is 5.10 Å². The summed E-state index contributed by atoms with van der Waals surface area (Å²) in [6, 6.07) is 17.8. The summed E-state index contributed by atoms with van der Waals surface area (Å²) in [5.41, 5.74) is 4.45. The minimum atomic E-state index is -0.877. The van der Waals surface area contributed by atoms with E-state index in [1.54, 1.807) is 30.3 Å². The Morgan fingerprint density at radius 1 is 1.06 bits per heavy atom. The van der Waals surface area contributed by atoms with E-state index in [9.17, 15) is 9.59 Å². The van der Waals surface area contributed by atoms with Crippen molar-refractivity contribution in [3.63, 3.8) is 0 Å². The molecule has 7 nitrogen and oxygen atoms in total. The van der Waals surface area contributed by atoms with E-state index in [0.29, 0.717) is 31.6 Å². The van der Waals surface area contributed by atoms with Crippen molar-refractivity contribution in [3.05, 3.63) is 91.9 Å². The van der Waals surface area contributed by atoms with Crippen molar-refractivity contribution in [1.29, 1.82) is 0 Å². The molecule has 0 unspecified atom stereocenters. The highest BCUT2D eigenvalue weighted by Gasteiger charge is 2.14. The third-order valence-corrected chi connectivity index (χ3v) is 5.70. The first-order valence-corrected chi connectivity index (χ1v) is 11.5. The average molecular weight is 565 g/mol. The molecular weight excluding hydrogens is 545 g/mol. The van der Waals surface area contributed by atoms with E-state index in [2.05, 4.69) is 31.8 Å². The summed E-state index contributed by atoms with van der Waals surface area (Å²) in [5, 5.41) is 7.41. The predicted molar refractivity (Wildman–Crippen MR) is 136 cm³/mol. The molecule has 10 heteroatoms. The highest BCUT2D eigenvalue weighted by Crippen LogP contribution is 2.37. The molecule has 2 N–H and O–H groups in total. The molecule has 3 aromatic rings. The summed E-state index contributed by atoms with van der Waals surface area (Å²) in [7, 11) is 1.50. The number of benzene rings is 3. The van der Waals surface area contributed by atoms with Gasteiger partial charge in [-0.3, -0.25) is 9.59 Å². The lowest BCUT2D eigenvalue weighted by Gasteiger charge is -2.14. The van der Waals surface area contributed by atoms with E-state index in [1.165, 1.54) is 13.3 Å². The minimum absolute atomic E-state index is 0.201. The van der Waals surface area contributed by atoms with Crippen LogP contribution in [0, 0.1) is 0 Å². The number of carbonyl (C=O) groups excluding carboxylic acids is 2. The van der Waals surface area contributed by atoms with Crippen LogP contribution in [0.15, 0.2) is 70.2 Å². The van der Waals surface area contributed by atoms with Gasteiger partial charge >= 0.3 is 11.8 Å². The maximum absolute atomic E-state index is 12.0. The fourth-order valence-electron chi connectivity index (χ4n) is 2.82. The Hall–Kier alpha value is -3.07. The molecular formula is C24H20BrCl2N3O4. The minimum Gasteiger partial charge on any atom is -0.493 e. The summed E-state index contributed by atoms with van der Waals surface area (Å²) >= 11 is 15.6. The molecule has 0 aliphatic heterocycles. The number of amides is 2. The Morgan fingerprint density at radius 2 is 1.82 bits per heavy atom. The van der Waals surface area contributed by atoms with Crippen LogP contribution < -0.4 is 20.2 Å². The highest BCUT2D eigenvalue weighted by atomic mass is 79.9. The van der Waals surface area contributed by atoms with Crippen LogP contribution in [-0.2, 0) is 22.7 Å². The third kappa shape index (κ3) is 7.21. The Morgan fingerprint density at radius 3 is 2.53 bits per heavy atom. The van der Waals surface area contributed by atoms with Crippen LogP contribution in [0.25, 0.3) is 0 Å². The summed E-state index contributed by atoms with van der Waals surface area (Å²) in [4.78, 5) is 23.9. The second-order valence-electron chi connectivity index (χ2n) is 6.93. The zero-order valence-electron chi connectivity index (χ0n) is 18.0.